The van der Waals surface area contributed by atoms with Gasteiger partial charge in [-0.25, -0.2) is 0 Å². The molecule has 0 unspecified atom stereocenters. The van der Waals surface area contributed by atoms with Crippen LogP contribution in [0.4, 0.5) is 0 Å². The standard InChI is InChI=1S/C34H70O10/c1-2-3-4-5-6-7-8-9-10-11-12-13-14-15-17-36-19-21-38-23-25-40-27-29-42-31-33-44-34-32-43-30-28-41-26-24-39-22-20-37-18-16-35/h35H,2-34H2,1H3. The van der Waals surface area contributed by atoms with Crippen molar-refractivity contribution in [3.8, 4) is 0 Å². The Morgan fingerprint density at radius 1 is 0.250 bits per heavy atom. The van der Waals surface area contributed by atoms with Gasteiger partial charge in [0.25, 0.3) is 0 Å². The van der Waals surface area contributed by atoms with Crippen molar-refractivity contribution >= 4 is 0 Å². The van der Waals surface area contributed by atoms with Crippen molar-refractivity contribution in [2.45, 2.75) is 96.8 Å². The molecule has 0 aromatic carbocycles. The second kappa shape index (κ2) is 42.6. The third kappa shape index (κ3) is 41.6. The summed E-state index contributed by atoms with van der Waals surface area (Å²) >= 11 is 0. The largest absolute Gasteiger partial charge is 0.394 e. The quantitative estimate of drug-likeness (QED) is 0.0851. The van der Waals surface area contributed by atoms with E-state index in [4.69, 9.17) is 47.7 Å². The summed E-state index contributed by atoms with van der Waals surface area (Å²) < 4.78 is 49.0. The van der Waals surface area contributed by atoms with Crippen LogP contribution in [0.3, 0.4) is 0 Å². The zero-order valence-electron chi connectivity index (χ0n) is 28.5. The lowest BCUT2D eigenvalue weighted by atomic mass is 10.0. The van der Waals surface area contributed by atoms with Gasteiger partial charge in [0.2, 0.25) is 0 Å². The molecule has 1 N–H and O–H groups in total. The number of ether oxygens (including phenoxy) is 9. The second-order valence-electron chi connectivity index (χ2n) is 10.8. The van der Waals surface area contributed by atoms with E-state index in [1.54, 1.807) is 0 Å². The molecule has 10 heteroatoms. The molecule has 266 valence electrons. The van der Waals surface area contributed by atoms with E-state index < -0.39 is 0 Å². The van der Waals surface area contributed by atoms with Crippen molar-refractivity contribution in [3.63, 3.8) is 0 Å². The summed E-state index contributed by atoms with van der Waals surface area (Å²) in [6.07, 6.45) is 19.3. The minimum absolute atomic E-state index is 0.0326. The number of aliphatic hydroxyl groups excluding tert-OH is 1. The molecule has 0 saturated carbocycles. The van der Waals surface area contributed by atoms with Gasteiger partial charge >= 0.3 is 0 Å². The van der Waals surface area contributed by atoms with Crippen LogP contribution in [-0.4, -0.2) is 131 Å². The molecule has 0 aliphatic carbocycles. The fourth-order valence-corrected chi connectivity index (χ4v) is 4.32. The number of aliphatic hydroxyl groups is 1. The lowest BCUT2D eigenvalue weighted by Crippen LogP contribution is -2.15. The molecule has 44 heavy (non-hydrogen) atoms. The third-order valence-corrected chi connectivity index (χ3v) is 6.85. The Labute approximate surface area is 270 Å². The van der Waals surface area contributed by atoms with Gasteiger partial charge < -0.3 is 47.7 Å². The van der Waals surface area contributed by atoms with Gasteiger partial charge in [0.1, 0.15) is 0 Å². The number of hydrogen-bond donors (Lipinski definition) is 1. The number of hydrogen-bond acceptors (Lipinski definition) is 10. The van der Waals surface area contributed by atoms with Gasteiger partial charge in [-0.2, -0.15) is 0 Å². The first-order valence-corrected chi connectivity index (χ1v) is 17.7. The van der Waals surface area contributed by atoms with E-state index in [9.17, 15) is 0 Å². The zero-order valence-corrected chi connectivity index (χ0v) is 28.5. The molecule has 0 atom stereocenters. The highest BCUT2D eigenvalue weighted by molar-refractivity contribution is 4.49. The van der Waals surface area contributed by atoms with Crippen molar-refractivity contribution in [1.29, 1.82) is 0 Å². The van der Waals surface area contributed by atoms with E-state index in [-0.39, 0.29) is 6.61 Å². The normalized spacial score (nSPS) is 11.6. The van der Waals surface area contributed by atoms with Crippen LogP contribution in [0.25, 0.3) is 0 Å². The summed E-state index contributed by atoms with van der Waals surface area (Å²) in [4.78, 5) is 0. The van der Waals surface area contributed by atoms with Gasteiger partial charge in [0.05, 0.1) is 119 Å². The van der Waals surface area contributed by atoms with Gasteiger partial charge in [0, 0.05) is 6.61 Å². The lowest BCUT2D eigenvalue weighted by molar-refractivity contribution is -0.0255. The van der Waals surface area contributed by atoms with E-state index in [0.29, 0.717) is 112 Å². The van der Waals surface area contributed by atoms with Crippen LogP contribution in [0, 0.1) is 0 Å². The highest BCUT2D eigenvalue weighted by Crippen LogP contribution is 2.12. The molecular formula is C34H70O10. The smallest absolute Gasteiger partial charge is 0.0701 e. The highest BCUT2D eigenvalue weighted by atomic mass is 16.6. The Kier molecular flexibility index (Phi) is 42.2. The van der Waals surface area contributed by atoms with Gasteiger partial charge in [0.15, 0.2) is 0 Å². The molecule has 0 aliphatic rings. The van der Waals surface area contributed by atoms with Crippen LogP contribution in [0.5, 0.6) is 0 Å². The summed E-state index contributed by atoms with van der Waals surface area (Å²) in [5.41, 5.74) is 0. The fraction of sp³-hybridized carbons (Fsp3) is 1.00. The molecule has 0 fully saturated rings. The molecule has 0 aromatic heterocycles. The molecule has 0 bridgehead atoms. The predicted octanol–water partition coefficient (Wildman–Crippen LogP) is 5.61. The Balaban J connectivity index is 3.03. The highest BCUT2D eigenvalue weighted by Gasteiger charge is 1.97. The first kappa shape index (κ1) is 43.6. The first-order chi connectivity index (χ1) is 21.9. The van der Waals surface area contributed by atoms with Crippen molar-refractivity contribution < 1.29 is 47.7 Å². The molecule has 0 saturated heterocycles. The zero-order chi connectivity index (χ0) is 31.7. The minimum atomic E-state index is 0.0326. The third-order valence-electron chi connectivity index (χ3n) is 6.85. The molecule has 0 spiro atoms. The molecule has 0 rings (SSSR count). The van der Waals surface area contributed by atoms with E-state index in [1.807, 2.05) is 0 Å². The predicted molar refractivity (Wildman–Crippen MR) is 175 cm³/mol. The number of unbranched alkanes of at least 4 members (excludes halogenated alkanes) is 13. The summed E-state index contributed by atoms with van der Waals surface area (Å²) in [7, 11) is 0. The monoisotopic (exact) mass is 638 g/mol. The maximum atomic E-state index is 8.58. The van der Waals surface area contributed by atoms with Crippen molar-refractivity contribution in [2.24, 2.45) is 0 Å². The van der Waals surface area contributed by atoms with E-state index >= 15 is 0 Å². The Bertz CT molecular complexity index is 445. The van der Waals surface area contributed by atoms with Crippen LogP contribution in [0.2, 0.25) is 0 Å². The molecule has 0 heterocycles. The van der Waals surface area contributed by atoms with Gasteiger partial charge in [-0.05, 0) is 6.42 Å². The van der Waals surface area contributed by atoms with Gasteiger partial charge in [-0.15, -0.1) is 0 Å². The molecule has 10 nitrogen and oxygen atoms in total. The van der Waals surface area contributed by atoms with E-state index in [1.165, 1.54) is 83.5 Å². The Hall–Kier alpha value is -0.400. The van der Waals surface area contributed by atoms with Gasteiger partial charge in [-0.3, -0.25) is 0 Å². The molecular weight excluding hydrogens is 568 g/mol. The van der Waals surface area contributed by atoms with Crippen molar-refractivity contribution in [2.75, 3.05) is 126 Å². The first-order valence-electron chi connectivity index (χ1n) is 17.7. The topological polar surface area (TPSA) is 103 Å². The van der Waals surface area contributed by atoms with Crippen LogP contribution < -0.4 is 0 Å². The fourth-order valence-electron chi connectivity index (χ4n) is 4.32. The maximum Gasteiger partial charge on any atom is 0.0701 e. The minimum Gasteiger partial charge on any atom is -0.394 e. The summed E-state index contributed by atoms with van der Waals surface area (Å²) in [6, 6.07) is 0. The van der Waals surface area contributed by atoms with Crippen LogP contribution in [0.15, 0.2) is 0 Å². The Morgan fingerprint density at radius 3 is 0.705 bits per heavy atom. The van der Waals surface area contributed by atoms with E-state index in [2.05, 4.69) is 6.92 Å². The van der Waals surface area contributed by atoms with E-state index in [0.717, 1.165) is 13.0 Å². The average Bonchev–Trinajstić information content (AvgIpc) is 3.04. The van der Waals surface area contributed by atoms with Crippen molar-refractivity contribution in [3.05, 3.63) is 0 Å². The molecule has 0 radical (unpaired) electrons. The molecule has 0 aliphatic heterocycles. The van der Waals surface area contributed by atoms with Crippen molar-refractivity contribution in [1.82, 2.24) is 0 Å². The summed E-state index contributed by atoms with van der Waals surface area (Å²) in [5.74, 6) is 0. The SMILES string of the molecule is CCCCCCCCCCCCCCCCOCCOCCOCCOCCOCCOCCOCCOCCOCCO. The average molecular weight is 639 g/mol. The van der Waals surface area contributed by atoms with Gasteiger partial charge in [-0.1, -0.05) is 90.4 Å². The number of rotatable bonds is 41. The molecule has 0 aromatic rings. The summed E-state index contributed by atoms with van der Waals surface area (Å²) in [5, 5.41) is 8.58. The molecule has 0 amide bonds. The Morgan fingerprint density at radius 2 is 0.455 bits per heavy atom. The van der Waals surface area contributed by atoms with Crippen LogP contribution in [0.1, 0.15) is 96.8 Å². The summed E-state index contributed by atoms with van der Waals surface area (Å²) in [6.45, 7) is 12.1. The van der Waals surface area contributed by atoms with Crippen LogP contribution >= 0.6 is 0 Å². The maximum absolute atomic E-state index is 8.58. The van der Waals surface area contributed by atoms with Crippen LogP contribution in [-0.2, 0) is 42.6 Å². The second-order valence-corrected chi connectivity index (χ2v) is 10.8. The lowest BCUT2D eigenvalue weighted by Gasteiger charge is -2.09.